The van der Waals surface area contributed by atoms with Gasteiger partial charge in [-0.05, 0) is 44.9 Å². The molecule has 0 spiro atoms. The van der Waals surface area contributed by atoms with Crippen LogP contribution in [0.1, 0.15) is 32.8 Å². The molecule has 1 rings (SSSR count). The fourth-order valence-electron chi connectivity index (χ4n) is 1.64. The third-order valence-corrected chi connectivity index (χ3v) is 2.44. The normalized spacial score (nSPS) is 10.3. The molecule has 0 aliphatic carbocycles. The van der Waals surface area contributed by atoms with Crippen LogP contribution >= 0.6 is 0 Å². The summed E-state index contributed by atoms with van der Waals surface area (Å²) in [5.41, 5.74) is 1.12. The zero-order chi connectivity index (χ0) is 14.3. The Hall–Kier alpha value is -1.84. The molecule has 0 aromatic heterocycles. The Morgan fingerprint density at radius 2 is 1.84 bits per heavy atom. The van der Waals surface area contributed by atoms with Gasteiger partial charge in [0.15, 0.2) is 0 Å². The van der Waals surface area contributed by atoms with Crippen LogP contribution in [0.4, 0.5) is 0 Å². The van der Waals surface area contributed by atoms with Crippen LogP contribution in [0, 0.1) is 0 Å². The van der Waals surface area contributed by atoms with Gasteiger partial charge < -0.3 is 10.1 Å². The van der Waals surface area contributed by atoms with Crippen molar-refractivity contribution < 1.29 is 14.3 Å². The number of Topliss-reactive ketones (excluding diaryl/α,β-unsaturated/α-hetero) is 1. The summed E-state index contributed by atoms with van der Waals surface area (Å²) in [7, 11) is 0. The number of carbonyl (C=O) groups is 2. The maximum Gasteiger partial charge on any atom is 0.227 e. The maximum absolute atomic E-state index is 11.3. The highest BCUT2D eigenvalue weighted by Crippen LogP contribution is 2.13. The van der Waals surface area contributed by atoms with Crippen LogP contribution < -0.4 is 10.1 Å². The second-order valence-electron chi connectivity index (χ2n) is 4.79. The van der Waals surface area contributed by atoms with E-state index in [0.717, 1.165) is 17.7 Å². The second kappa shape index (κ2) is 7.56. The number of hydrogen-bond acceptors (Lipinski definition) is 3. The van der Waals surface area contributed by atoms with Gasteiger partial charge in [-0.2, -0.15) is 0 Å². The van der Waals surface area contributed by atoms with E-state index < -0.39 is 0 Å². The summed E-state index contributed by atoms with van der Waals surface area (Å²) in [4.78, 5) is 22.0. The largest absolute Gasteiger partial charge is 0.491 e. The Bertz CT molecular complexity index is 424. The quantitative estimate of drug-likeness (QED) is 0.767. The fourth-order valence-corrected chi connectivity index (χ4v) is 1.64. The van der Waals surface area contributed by atoms with Crippen LogP contribution in [0.25, 0.3) is 0 Å². The van der Waals surface area contributed by atoms with Gasteiger partial charge in [-0.3, -0.25) is 9.59 Å². The van der Waals surface area contributed by atoms with Gasteiger partial charge in [-0.25, -0.2) is 0 Å². The highest BCUT2D eigenvalue weighted by atomic mass is 16.5. The molecular weight excluding hydrogens is 242 g/mol. The minimum Gasteiger partial charge on any atom is -0.491 e. The van der Waals surface area contributed by atoms with E-state index in [0.29, 0.717) is 6.54 Å². The topological polar surface area (TPSA) is 55.4 Å². The second-order valence-corrected chi connectivity index (χ2v) is 4.79. The smallest absolute Gasteiger partial charge is 0.227 e. The highest BCUT2D eigenvalue weighted by Gasteiger charge is 2.04. The summed E-state index contributed by atoms with van der Waals surface area (Å²) in [6.45, 7) is 5.92. The van der Waals surface area contributed by atoms with Gasteiger partial charge in [-0.1, -0.05) is 12.1 Å². The monoisotopic (exact) mass is 263 g/mol. The number of hydrogen-bond donors (Lipinski definition) is 1. The summed E-state index contributed by atoms with van der Waals surface area (Å²) in [6.07, 6.45) is 0.865. The van der Waals surface area contributed by atoms with Gasteiger partial charge >= 0.3 is 0 Å². The molecule has 0 heterocycles. The van der Waals surface area contributed by atoms with Crippen molar-refractivity contribution in [1.82, 2.24) is 5.32 Å². The molecule has 0 saturated carbocycles. The Kier molecular flexibility index (Phi) is 6.06. The third kappa shape index (κ3) is 6.60. The average molecular weight is 263 g/mol. The molecule has 0 unspecified atom stereocenters. The predicted octanol–water partition coefficient (Wildman–Crippen LogP) is 2.11. The molecule has 104 valence electrons. The SMILES string of the molecule is CC(=O)CC(=O)NCCc1ccc(OC(C)C)cc1. The van der Waals surface area contributed by atoms with Crippen molar-refractivity contribution >= 4 is 11.7 Å². The minimum absolute atomic E-state index is 0.0405. The molecule has 19 heavy (non-hydrogen) atoms. The number of carbonyl (C=O) groups excluding carboxylic acids is 2. The maximum atomic E-state index is 11.3. The summed E-state index contributed by atoms with van der Waals surface area (Å²) >= 11 is 0. The number of ketones is 1. The number of benzene rings is 1. The molecule has 1 amide bonds. The molecule has 0 atom stereocenters. The first kappa shape index (κ1) is 15.2. The Morgan fingerprint density at radius 1 is 1.21 bits per heavy atom. The van der Waals surface area contributed by atoms with Gasteiger partial charge in [-0.15, -0.1) is 0 Å². The minimum atomic E-state index is -0.215. The first-order chi connectivity index (χ1) is 8.97. The van der Waals surface area contributed by atoms with Crippen molar-refractivity contribution in [2.45, 2.75) is 39.7 Å². The Balaban J connectivity index is 2.34. The molecule has 4 nitrogen and oxygen atoms in total. The lowest BCUT2D eigenvalue weighted by molar-refractivity contribution is -0.127. The van der Waals surface area contributed by atoms with Gasteiger partial charge in [0.05, 0.1) is 12.5 Å². The van der Waals surface area contributed by atoms with E-state index in [-0.39, 0.29) is 24.2 Å². The van der Waals surface area contributed by atoms with E-state index >= 15 is 0 Å². The standard InChI is InChI=1S/C15H21NO3/c1-11(2)19-14-6-4-13(5-7-14)8-9-16-15(18)10-12(3)17/h4-7,11H,8-10H2,1-3H3,(H,16,18). The van der Waals surface area contributed by atoms with Gasteiger partial charge in [0.25, 0.3) is 0 Å². The predicted molar refractivity (Wildman–Crippen MR) is 74.2 cm³/mol. The fraction of sp³-hybridized carbons (Fsp3) is 0.467. The van der Waals surface area contributed by atoms with Gasteiger partial charge in [0.1, 0.15) is 11.5 Å². The van der Waals surface area contributed by atoms with E-state index in [2.05, 4.69) is 5.32 Å². The number of amides is 1. The van der Waals surface area contributed by atoms with Crippen LogP contribution in [0.2, 0.25) is 0 Å². The lowest BCUT2D eigenvalue weighted by Crippen LogP contribution is -2.27. The molecule has 0 fully saturated rings. The van der Waals surface area contributed by atoms with E-state index in [1.54, 1.807) is 0 Å². The van der Waals surface area contributed by atoms with Crippen LogP contribution in [0.15, 0.2) is 24.3 Å². The van der Waals surface area contributed by atoms with Crippen molar-refractivity contribution in [2.24, 2.45) is 0 Å². The van der Waals surface area contributed by atoms with Crippen LogP contribution in [0.5, 0.6) is 5.75 Å². The van der Waals surface area contributed by atoms with E-state index in [1.807, 2.05) is 38.1 Å². The van der Waals surface area contributed by atoms with Crippen molar-refractivity contribution in [3.8, 4) is 5.75 Å². The van der Waals surface area contributed by atoms with Crippen molar-refractivity contribution in [2.75, 3.05) is 6.54 Å². The molecular formula is C15H21NO3. The molecule has 4 heteroatoms. The van der Waals surface area contributed by atoms with Crippen molar-refractivity contribution in [3.05, 3.63) is 29.8 Å². The summed E-state index contributed by atoms with van der Waals surface area (Å²) in [5.74, 6) is 0.513. The van der Waals surface area contributed by atoms with Gasteiger partial charge in [0.2, 0.25) is 5.91 Å². The average Bonchev–Trinajstić information content (AvgIpc) is 2.29. The Labute approximate surface area is 114 Å². The molecule has 1 N–H and O–H groups in total. The summed E-state index contributed by atoms with van der Waals surface area (Å²) < 4.78 is 5.55. The first-order valence-corrected chi connectivity index (χ1v) is 6.49. The molecule has 0 radical (unpaired) electrons. The Morgan fingerprint density at radius 3 is 2.37 bits per heavy atom. The number of rotatable bonds is 7. The number of ether oxygens (including phenoxy) is 1. The zero-order valence-electron chi connectivity index (χ0n) is 11.7. The summed E-state index contributed by atoms with van der Waals surface area (Å²) in [6, 6.07) is 7.81. The lowest BCUT2D eigenvalue weighted by atomic mass is 10.1. The molecule has 0 aliphatic heterocycles. The van der Waals surface area contributed by atoms with E-state index in [4.69, 9.17) is 4.74 Å². The first-order valence-electron chi connectivity index (χ1n) is 6.49. The molecule has 0 aliphatic rings. The molecule has 1 aromatic carbocycles. The van der Waals surface area contributed by atoms with Crippen LogP contribution in [-0.4, -0.2) is 24.3 Å². The van der Waals surface area contributed by atoms with Crippen molar-refractivity contribution in [1.29, 1.82) is 0 Å². The van der Waals surface area contributed by atoms with Crippen molar-refractivity contribution in [3.63, 3.8) is 0 Å². The highest BCUT2D eigenvalue weighted by molar-refractivity contribution is 5.96. The van der Waals surface area contributed by atoms with Crippen LogP contribution in [0.3, 0.4) is 0 Å². The lowest BCUT2D eigenvalue weighted by Gasteiger charge is -2.10. The molecule has 0 saturated heterocycles. The van der Waals surface area contributed by atoms with Gasteiger partial charge in [0, 0.05) is 6.54 Å². The van der Waals surface area contributed by atoms with Crippen LogP contribution in [-0.2, 0) is 16.0 Å². The number of nitrogens with one attached hydrogen (secondary N) is 1. The summed E-state index contributed by atoms with van der Waals surface area (Å²) in [5, 5.41) is 2.72. The van der Waals surface area contributed by atoms with E-state index in [1.165, 1.54) is 6.92 Å². The van der Waals surface area contributed by atoms with E-state index in [9.17, 15) is 9.59 Å². The molecule has 1 aromatic rings. The third-order valence-electron chi connectivity index (χ3n) is 2.44. The molecule has 0 bridgehead atoms. The zero-order valence-corrected chi connectivity index (χ0v) is 11.7.